The molecule has 0 amide bonds. The highest BCUT2D eigenvalue weighted by molar-refractivity contribution is 5.01. The van der Waals surface area contributed by atoms with E-state index >= 15 is 0 Å². The highest BCUT2D eigenvalue weighted by Crippen LogP contribution is 2.61. The Morgan fingerprint density at radius 2 is 1.57 bits per heavy atom. The van der Waals surface area contributed by atoms with Crippen LogP contribution in [-0.4, -0.2) is 56.6 Å². The summed E-state index contributed by atoms with van der Waals surface area (Å²) in [5.74, 6) is 3.08. The van der Waals surface area contributed by atoms with Crippen molar-refractivity contribution < 1.29 is 14.3 Å². The van der Waals surface area contributed by atoms with Gasteiger partial charge in [0.1, 0.15) is 12.6 Å². The second-order valence-corrected chi connectivity index (χ2v) is 9.37. The first-order valence-electron chi connectivity index (χ1n) is 8.90. The van der Waals surface area contributed by atoms with Crippen molar-refractivity contribution in [3.8, 4) is 0 Å². The number of hydrogen-bond acceptors (Lipinski definition) is 2. The van der Waals surface area contributed by atoms with Crippen LogP contribution in [0.5, 0.6) is 0 Å². The van der Waals surface area contributed by atoms with Gasteiger partial charge in [0.25, 0.3) is 0 Å². The van der Waals surface area contributed by atoms with Crippen molar-refractivity contribution in [2.24, 2.45) is 23.2 Å². The van der Waals surface area contributed by atoms with Crippen LogP contribution in [0.25, 0.3) is 0 Å². The molecular weight excluding hydrogens is 262 g/mol. The molecule has 0 unspecified atom stereocenters. The van der Waals surface area contributed by atoms with Gasteiger partial charge in [-0.25, -0.2) is 0 Å². The van der Waals surface area contributed by atoms with Crippen molar-refractivity contribution in [1.82, 2.24) is 0 Å². The average Bonchev–Trinajstić information content (AvgIpc) is 2.31. The summed E-state index contributed by atoms with van der Waals surface area (Å²) < 4.78 is 6.61. The molecule has 0 radical (unpaired) electrons. The minimum absolute atomic E-state index is 0.332. The second kappa shape index (κ2) is 5.82. The molecule has 3 heteroatoms. The van der Waals surface area contributed by atoms with Crippen molar-refractivity contribution in [1.29, 1.82) is 0 Å². The lowest BCUT2D eigenvalue weighted by atomic mass is 9.49. The predicted octanol–water partition coefficient (Wildman–Crippen LogP) is 2.68. The maximum Gasteiger partial charge on any atom is 0.126 e. The number of rotatable bonds is 7. The largest absolute Gasteiger partial charge is 0.385 e. The fraction of sp³-hybridized carbons (Fsp3) is 1.00. The van der Waals surface area contributed by atoms with Crippen LogP contribution in [0.3, 0.4) is 0 Å². The van der Waals surface area contributed by atoms with Gasteiger partial charge < -0.3 is 14.3 Å². The standard InChI is InChI=1S/C18H34NO2/c1-19(2,3)12-17(20)13-21-5-4-18-9-14-6-15(10-18)8-16(7-14)11-18/h14-17,20H,4-13H2,1-3H3/q+1/t14?,15?,16?,17-,18?/m0/s1. The van der Waals surface area contributed by atoms with Crippen LogP contribution in [0.1, 0.15) is 44.9 Å². The van der Waals surface area contributed by atoms with E-state index in [1.54, 1.807) is 0 Å². The first kappa shape index (κ1) is 15.8. The molecule has 0 aromatic rings. The molecular formula is C18H34NO2+. The maximum absolute atomic E-state index is 10.0. The molecule has 0 aliphatic heterocycles. The first-order valence-corrected chi connectivity index (χ1v) is 8.90. The van der Waals surface area contributed by atoms with E-state index in [9.17, 15) is 5.11 Å². The number of quaternary nitrogens is 1. The molecule has 4 fully saturated rings. The van der Waals surface area contributed by atoms with Gasteiger partial charge in [0, 0.05) is 6.61 Å². The lowest BCUT2D eigenvalue weighted by molar-refractivity contribution is -0.873. The van der Waals surface area contributed by atoms with Crippen LogP contribution in [-0.2, 0) is 4.74 Å². The van der Waals surface area contributed by atoms with Crippen molar-refractivity contribution in [3.05, 3.63) is 0 Å². The topological polar surface area (TPSA) is 29.5 Å². The average molecular weight is 296 g/mol. The Labute approximate surface area is 130 Å². The Bertz CT molecular complexity index is 325. The molecule has 3 nitrogen and oxygen atoms in total. The molecule has 1 atom stereocenters. The fourth-order valence-corrected chi connectivity index (χ4v) is 5.79. The van der Waals surface area contributed by atoms with E-state index < -0.39 is 0 Å². The van der Waals surface area contributed by atoms with Gasteiger partial charge in [0.05, 0.1) is 27.7 Å². The van der Waals surface area contributed by atoms with E-state index in [-0.39, 0.29) is 6.10 Å². The smallest absolute Gasteiger partial charge is 0.126 e. The number of likely N-dealkylation sites (N-methyl/N-ethyl adjacent to an activating group) is 1. The monoisotopic (exact) mass is 296 g/mol. The SMILES string of the molecule is C[N+](C)(C)C[C@H](O)COCCC12CC3CC(CC(C3)C1)C2. The fourth-order valence-electron chi connectivity index (χ4n) is 5.79. The number of ether oxygens (including phenoxy) is 1. The van der Waals surface area contributed by atoms with E-state index in [1.165, 1.54) is 44.9 Å². The van der Waals surface area contributed by atoms with Crippen molar-refractivity contribution >= 4 is 0 Å². The number of aliphatic hydroxyl groups excluding tert-OH is 1. The zero-order valence-corrected chi connectivity index (χ0v) is 14.2. The molecule has 0 heterocycles. The molecule has 0 saturated heterocycles. The molecule has 4 aliphatic rings. The summed E-state index contributed by atoms with van der Waals surface area (Å²) in [6, 6.07) is 0. The summed E-state index contributed by atoms with van der Waals surface area (Å²) in [6.45, 7) is 2.11. The maximum atomic E-state index is 10.0. The number of nitrogens with zero attached hydrogens (tertiary/aromatic N) is 1. The Hall–Kier alpha value is -0.120. The summed E-state index contributed by atoms with van der Waals surface area (Å²) in [4.78, 5) is 0. The normalized spacial score (nSPS) is 39.7. The molecule has 122 valence electrons. The van der Waals surface area contributed by atoms with E-state index in [2.05, 4.69) is 21.1 Å². The van der Waals surface area contributed by atoms with E-state index in [4.69, 9.17) is 4.74 Å². The van der Waals surface area contributed by atoms with Crippen LogP contribution in [0.15, 0.2) is 0 Å². The molecule has 4 rings (SSSR count). The van der Waals surface area contributed by atoms with Crippen molar-refractivity contribution in [2.45, 2.75) is 51.0 Å². The lowest BCUT2D eigenvalue weighted by Gasteiger charge is -2.57. The Morgan fingerprint density at radius 3 is 2.05 bits per heavy atom. The van der Waals surface area contributed by atoms with Crippen LogP contribution in [0.2, 0.25) is 0 Å². The van der Waals surface area contributed by atoms with E-state index in [0.29, 0.717) is 12.0 Å². The van der Waals surface area contributed by atoms with E-state index in [0.717, 1.165) is 35.4 Å². The molecule has 4 saturated carbocycles. The molecule has 0 aromatic heterocycles. The summed E-state index contributed by atoms with van der Waals surface area (Å²) in [6.07, 6.45) is 9.83. The lowest BCUT2D eigenvalue weighted by Crippen LogP contribution is -2.46. The summed E-state index contributed by atoms with van der Waals surface area (Å²) in [5, 5.41) is 10.0. The third-order valence-corrected chi connectivity index (χ3v) is 6.01. The molecule has 0 spiro atoms. The third kappa shape index (κ3) is 4.00. The molecule has 21 heavy (non-hydrogen) atoms. The Balaban J connectivity index is 1.40. The third-order valence-electron chi connectivity index (χ3n) is 6.01. The minimum atomic E-state index is -0.332. The van der Waals surface area contributed by atoms with Gasteiger partial charge >= 0.3 is 0 Å². The highest BCUT2D eigenvalue weighted by Gasteiger charge is 2.50. The van der Waals surface area contributed by atoms with Crippen LogP contribution >= 0.6 is 0 Å². The highest BCUT2D eigenvalue weighted by atomic mass is 16.5. The van der Waals surface area contributed by atoms with Crippen molar-refractivity contribution in [2.75, 3.05) is 40.9 Å². The van der Waals surface area contributed by atoms with Gasteiger partial charge in [-0.2, -0.15) is 0 Å². The summed E-state index contributed by atoms with van der Waals surface area (Å²) in [7, 11) is 6.33. The van der Waals surface area contributed by atoms with Gasteiger partial charge in [0.2, 0.25) is 0 Å². The van der Waals surface area contributed by atoms with Gasteiger partial charge in [-0.15, -0.1) is 0 Å². The number of hydrogen-bond donors (Lipinski definition) is 1. The summed E-state index contributed by atoms with van der Waals surface area (Å²) >= 11 is 0. The Morgan fingerprint density at radius 1 is 1.05 bits per heavy atom. The zero-order valence-electron chi connectivity index (χ0n) is 14.2. The Kier molecular flexibility index (Phi) is 4.37. The second-order valence-electron chi connectivity index (χ2n) is 9.37. The summed E-state index contributed by atoms with van der Waals surface area (Å²) in [5.41, 5.74) is 0.611. The minimum Gasteiger partial charge on any atom is -0.385 e. The van der Waals surface area contributed by atoms with Crippen molar-refractivity contribution in [3.63, 3.8) is 0 Å². The quantitative estimate of drug-likeness (QED) is 0.578. The van der Waals surface area contributed by atoms with Crippen LogP contribution in [0, 0.1) is 23.2 Å². The van der Waals surface area contributed by atoms with Gasteiger partial charge in [-0.3, -0.25) is 0 Å². The van der Waals surface area contributed by atoms with E-state index in [1.807, 2.05) is 0 Å². The van der Waals surface area contributed by atoms with Crippen LogP contribution in [0.4, 0.5) is 0 Å². The zero-order chi connectivity index (χ0) is 15.1. The predicted molar refractivity (Wildman–Crippen MR) is 84.9 cm³/mol. The van der Waals surface area contributed by atoms with Gasteiger partial charge in [-0.1, -0.05) is 0 Å². The molecule has 1 N–H and O–H groups in total. The van der Waals surface area contributed by atoms with Gasteiger partial charge in [-0.05, 0) is 68.1 Å². The molecule has 4 aliphatic carbocycles. The first-order chi connectivity index (χ1) is 9.84. The molecule has 0 aromatic carbocycles. The van der Waals surface area contributed by atoms with Crippen LogP contribution < -0.4 is 0 Å². The van der Waals surface area contributed by atoms with Gasteiger partial charge in [0.15, 0.2) is 0 Å². The molecule has 4 bridgehead atoms. The number of aliphatic hydroxyl groups is 1.